The highest BCUT2D eigenvalue weighted by Crippen LogP contribution is 2.40. The Bertz CT molecular complexity index is 386. The number of carbonyl (C=O) groups is 1. The van der Waals surface area contributed by atoms with Gasteiger partial charge in [0.1, 0.15) is 0 Å². The van der Waals surface area contributed by atoms with E-state index in [1.54, 1.807) is 11.3 Å². The van der Waals surface area contributed by atoms with Crippen LogP contribution in [0.1, 0.15) is 48.9 Å². The summed E-state index contributed by atoms with van der Waals surface area (Å²) in [6.45, 7) is 2.24. The van der Waals surface area contributed by atoms with E-state index in [9.17, 15) is 4.79 Å². The van der Waals surface area contributed by atoms with Gasteiger partial charge < -0.3 is 0 Å². The van der Waals surface area contributed by atoms with Crippen molar-refractivity contribution in [2.24, 2.45) is 0 Å². The van der Waals surface area contributed by atoms with E-state index in [0.717, 1.165) is 31.5 Å². The molecule has 0 bridgehead atoms. The highest BCUT2D eigenvalue weighted by Gasteiger charge is 2.46. The summed E-state index contributed by atoms with van der Waals surface area (Å²) in [5.41, 5.74) is 0.793. The van der Waals surface area contributed by atoms with E-state index < -0.39 is 0 Å². The zero-order valence-corrected chi connectivity index (χ0v) is 11.0. The predicted molar refractivity (Wildman–Crippen MR) is 70.7 cm³/mol. The van der Waals surface area contributed by atoms with Crippen LogP contribution < -0.4 is 0 Å². The second-order valence-corrected chi connectivity index (χ2v) is 6.05. The van der Waals surface area contributed by atoms with E-state index in [4.69, 9.17) is 0 Å². The lowest BCUT2D eigenvalue weighted by Gasteiger charge is -2.37. The first-order chi connectivity index (χ1) is 8.33. The van der Waals surface area contributed by atoms with Crippen molar-refractivity contribution in [3.63, 3.8) is 0 Å². The standard InChI is InChI=1S/C14H19NOS/c16-13(12-5-10-17-11-12)14(6-1-2-7-14)15-8-3-4-9-15/h5,10-11H,1-4,6-9H2. The molecule has 3 rings (SSSR count). The Labute approximate surface area is 107 Å². The number of thiophene rings is 1. The molecule has 0 N–H and O–H groups in total. The molecule has 0 aromatic carbocycles. The molecule has 2 heterocycles. The van der Waals surface area contributed by atoms with Crippen LogP contribution in [0.2, 0.25) is 0 Å². The molecular weight excluding hydrogens is 230 g/mol. The number of hydrogen-bond acceptors (Lipinski definition) is 3. The first kappa shape index (κ1) is 11.4. The van der Waals surface area contributed by atoms with Crippen LogP contribution in [0.25, 0.3) is 0 Å². The zero-order valence-electron chi connectivity index (χ0n) is 10.2. The molecule has 0 atom stereocenters. The van der Waals surface area contributed by atoms with E-state index in [1.165, 1.54) is 25.7 Å². The van der Waals surface area contributed by atoms with E-state index in [-0.39, 0.29) is 5.54 Å². The number of carbonyl (C=O) groups excluding carboxylic acids is 1. The fraction of sp³-hybridized carbons (Fsp3) is 0.643. The summed E-state index contributed by atoms with van der Waals surface area (Å²) in [6, 6.07) is 1.99. The topological polar surface area (TPSA) is 20.3 Å². The second-order valence-electron chi connectivity index (χ2n) is 5.27. The van der Waals surface area contributed by atoms with Crippen molar-refractivity contribution >= 4 is 17.1 Å². The molecule has 1 aliphatic carbocycles. The Kier molecular flexibility index (Phi) is 3.05. The fourth-order valence-electron chi connectivity index (χ4n) is 3.45. The maximum atomic E-state index is 12.8. The van der Waals surface area contributed by atoms with Gasteiger partial charge in [-0.25, -0.2) is 0 Å². The molecule has 0 unspecified atom stereocenters. The van der Waals surface area contributed by atoms with Crippen LogP contribution >= 0.6 is 11.3 Å². The van der Waals surface area contributed by atoms with Crippen LogP contribution in [0.5, 0.6) is 0 Å². The van der Waals surface area contributed by atoms with Gasteiger partial charge in [0.2, 0.25) is 0 Å². The molecule has 0 radical (unpaired) electrons. The molecule has 2 aliphatic rings. The zero-order chi connectivity index (χ0) is 11.7. The van der Waals surface area contributed by atoms with Crippen molar-refractivity contribution in [3.05, 3.63) is 22.4 Å². The lowest BCUT2D eigenvalue weighted by atomic mass is 9.87. The highest BCUT2D eigenvalue weighted by atomic mass is 32.1. The molecule has 1 saturated heterocycles. The highest BCUT2D eigenvalue weighted by molar-refractivity contribution is 7.08. The number of likely N-dealkylation sites (tertiary alicyclic amines) is 1. The summed E-state index contributed by atoms with van der Waals surface area (Å²) < 4.78 is 0. The lowest BCUT2D eigenvalue weighted by Crippen LogP contribution is -2.51. The molecule has 1 aliphatic heterocycles. The first-order valence-electron chi connectivity index (χ1n) is 6.65. The van der Waals surface area contributed by atoms with Crippen molar-refractivity contribution in [2.45, 2.75) is 44.1 Å². The molecule has 17 heavy (non-hydrogen) atoms. The van der Waals surface area contributed by atoms with Crippen LogP contribution in [0, 0.1) is 0 Å². The van der Waals surface area contributed by atoms with Gasteiger partial charge in [-0.3, -0.25) is 9.69 Å². The minimum atomic E-state index is -0.141. The molecule has 0 amide bonds. The van der Waals surface area contributed by atoms with Gasteiger partial charge >= 0.3 is 0 Å². The summed E-state index contributed by atoms with van der Waals surface area (Å²) in [6.07, 6.45) is 7.10. The maximum Gasteiger partial charge on any atom is 0.183 e. The van der Waals surface area contributed by atoms with Gasteiger partial charge in [-0.2, -0.15) is 11.3 Å². The minimum absolute atomic E-state index is 0.141. The van der Waals surface area contributed by atoms with Crippen LogP contribution in [-0.2, 0) is 0 Å². The number of nitrogens with zero attached hydrogens (tertiary/aromatic N) is 1. The Morgan fingerprint density at radius 3 is 2.47 bits per heavy atom. The van der Waals surface area contributed by atoms with Gasteiger partial charge in [-0.05, 0) is 50.2 Å². The Morgan fingerprint density at radius 2 is 1.88 bits per heavy atom. The van der Waals surface area contributed by atoms with E-state index in [1.807, 2.05) is 16.8 Å². The van der Waals surface area contributed by atoms with Gasteiger partial charge in [-0.1, -0.05) is 12.8 Å². The van der Waals surface area contributed by atoms with Crippen molar-refractivity contribution in [2.75, 3.05) is 13.1 Å². The molecule has 1 saturated carbocycles. The van der Waals surface area contributed by atoms with Gasteiger partial charge in [-0.15, -0.1) is 0 Å². The Hall–Kier alpha value is -0.670. The summed E-state index contributed by atoms with van der Waals surface area (Å²) in [4.78, 5) is 15.3. The van der Waals surface area contributed by atoms with Crippen LogP contribution in [-0.4, -0.2) is 29.3 Å². The monoisotopic (exact) mass is 249 g/mol. The Morgan fingerprint density at radius 1 is 1.18 bits per heavy atom. The van der Waals surface area contributed by atoms with Gasteiger partial charge in [0.25, 0.3) is 0 Å². The SMILES string of the molecule is O=C(c1ccsc1)C1(N2CCCC2)CCCC1. The summed E-state index contributed by atoms with van der Waals surface area (Å²) in [7, 11) is 0. The van der Waals surface area contributed by atoms with Gasteiger partial charge in [0, 0.05) is 10.9 Å². The molecule has 2 fully saturated rings. The van der Waals surface area contributed by atoms with Gasteiger partial charge in [0.15, 0.2) is 5.78 Å². The van der Waals surface area contributed by atoms with Crippen LogP contribution in [0.4, 0.5) is 0 Å². The fourth-order valence-corrected chi connectivity index (χ4v) is 4.09. The predicted octanol–water partition coefficient (Wildman–Crippen LogP) is 3.34. The second kappa shape index (κ2) is 4.54. The summed E-state index contributed by atoms with van der Waals surface area (Å²) in [5.74, 6) is 0.387. The first-order valence-corrected chi connectivity index (χ1v) is 7.59. The number of hydrogen-bond donors (Lipinski definition) is 0. The quantitative estimate of drug-likeness (QED) is 0.766. The van der Waals surface area contributed by atoms with Crippen molar-refractivity contribution in [1.82, 2.24) is 4.90 Å². The van der Waals surface area contributed by atoms with Crippen LogP contribution in [0.15, 0.2) is 16.8 Å². The average molecular weight is 249 g/mol. The molecule has 1 aromatic heterocycles. The molecule has 1 aromatic rings. The summed E-state index contributed by atoms with van der Waals surface area (Å²) >= 11 is 1.63. The van der Waals surface area contributed by atoms with Crippen molar-refractivity contribution in [3.8, 4) is 0 Å². The Balaban J connectivity index is 1.91. The summed E-state index contributed by atoms with van der Waals surface area (Å²) in [5, 5.41) is 4.03. The molecule has 3 heteroatoms. The van der Waals surface area contributed by atoms with E-state index in [2.05, 4.69) is 4.90 Å². The number of Topliss-reactive ketones (excluding diaryl/α,β-unsaturated/α-hetero) is 1. The third kappa shape index (κ3) is 1.85. The normalized spacial score (nSPS) is 24.2. The third-order valence-electron chi connectivity index (χ3n) is 4.35. The number of ketones is 1. The molecule has 0 spiro atoms. The third-order valence-corrected chi connectivity index (χ3v) is 5.03. The molecular formula is C14H19NOS. The van der Waals surface area contributed by atoms with Gasteiger partial charge in [0.05, 0.1) is 5.54 Å². The maximum absolute atomic E-state index is 12.8. The lowest BCUT2D eigenvalue weighted by molar-refractivity contribution is 0.0627. The van der Waals surface area contributed by atoms with Crippen molar-refractivity contribution < 1.29 is 4.79 Å². The average Bonchev–Trinajstić information content (AvgIpc) is 3.10. The largest absolute Gasteiger partial charge is 0.292 e. The van der Waals surface area contributed by atoms with Crippen molar-refractivity contribution in [1.29, 1.82) is 0 Å². The minimum Gasteiger partial charge on any atom is -0.292 e. The smallest absolute Gasteiger partial charge is 0.183 e. The molecule has 2 nitrogen and oxygen atoms in total. The van der Waals surface area contributed by atoms with E-state index >= 15 is 0 Å². The molecule has 92 valence electrons. The van der Waals surface area contributed by atoms with E-state index in [0.29, 0.717) is 5.78 Å². The van der Waals surface area contributed by atoms with Crippen LogP contribution in [0.3, 0.4) is 0 Å². The number of rotatable bonds is 3.